The van der Waals surface area contributed by atoms with E-state index < -0.39 is 48.7 Å². The summed E-state index contributed by atoms with van der Waals surface area (Å²) in [5.41, 5.74) is 2.32. The van der Waals surface area contributed by atoms with Crippen molar-refractivity contribution in [3.63, 3.8) is 0 Å². The summed E-state index contributed by atoms with van der Waals surface area (Å²) in [6, 6.07) is 11.1. The Kier molecular flexibility index (Phi) is 9.82. The molecule has 0 heterocycles. The maximum atomic E-state index is 13.7. The van der Waals surface area contributed by atoms with Gasteiger partial charge in [0.05, 0.1) is 12.7 Å². The van der Waals surface area contributed by atoms with Gasteiger partial charge in [-0.2, -0.15) is 5.26 Å². The van der Waals surface area contributed by atoms with Crippen molar-refractivity contribution in [3.05, 3.63) is 64.7 Å². The van der Waals surface area contributed by atoms with E-state index in [0.717, 1.165) is 16.0 Å². The molecule has 0 aliphatic heterocycles. The fourth-order valence-electron chi connectivity index (χ4n) is 3.65. The molecule has 2 rings (SSSR count). The lowest BCUT2D eigenvalue weighted by Gasteiger charge is -2.32. The number of hydrogen-bond acceptors (Lipinski definition) is 6. The zero-order valence-corrected chi connectivity index (χ0v) is 21.7. The molecule has 0 spiro atoms. The van der Waals surface area contributed by atoms with Gasteiger partial charge in [-0.25, -0.2) is 4.79 Å². The number of rotatable bonds is 8. The van der Waals surface area contributed by atoms with Crippen molar-refractivity contribution in [3.8, 4) is 18.4 Å². The Morgan fingerprint density at radius 3 is 2.19 bits per heavy atom. The SMILES string of the molecule is C#Cc1ccc(C(C(=O)Nc2c(C)cccc2C)N(CC#N)C(=O)C(CO)NC(=O)OC(C)(C)C)cc1. The second-order valence-electron chi connectivity index (χ2n) is 9.43. The van der Waals surface area contributed by atoms with Gasteiger partial charge in [-0.3, -0.25) is 9.59 Å². The average Bonchev–Trinajstić information content (AvgIpc) is 2.83. The fourth-order valence-corrected chi connectivity index (χ4v) is 3.65. The van der Waals surface area contributed by atoms with Gasteiger partial charge in [-0.1, -0.05) is 36.3 Å². The minimum Gasteiger partial charge on any atom is -0.444 e. The van der Waals surface area contributed by atoms with Gasteiger partial charge in [-0.05, 0) is 63.4 Å². The Bertz CT molecular complexity index is 1200. The highest BCUT2D eigenvalue weighted by Crippen LogP contribution is 2.27. The highest BCUT2D eigenvalue weighted by Gasteiger charge is 2.36. The van der Waals surface area contributed by atoms with Crippen LogP contribution in [-0.2, 0) is 14.3 Å². The van der Waals surface area contributed by atoms with Crippen LogP contribution in [0.1, 0.15) is 49.1 Å². The maximum Gasteiger partial charge on any atom is 0.408 e. The quantitative estimate of drug-likeness (QED) is 0.374. The number of nitrogens with one attached hydrogen (secondary N) is 2. The summed E-state index contributed by atoms with van der Waals surface area (Å²) in [5.74, 6) is 1.08. The lowest BCUT2D eigenvalue weighted by Crippen LogP contribution is -2.54. The van der Waals surface area contributed by atoms with E-state index in [9.17, 15) is 24.8 Å². The Morgan fingerprint density at radius 2 is 1.70 bits per heavy atom. The summed E-state index contributed by atoms with van der Waals surface area (Å²) in [4.78, 5) is 40.5. The van der Waals surface area contributed by atoms with Crippen LogP contribution in [0.5, 0.6) is 0 Å². The summed E-state index contributed by atoms with van der Waals surface area (Å²) in [7, 11) is 0. The number of nitriles is 1. The number of para-hydroxylation sites is 1. The highest BCUT2D eigenvalue weighted by molar-refractivity contribution is 6.00. The Hall–Kier alpha value is -4.34. The van der Waals surface area contributed by atoms with E-state index in [2.05, 4.69) is 16.6 Å². The van der Waals surface area contributed by atoms with Crippen LogP contribution in [0.4, 0.5) is 10.5 Å². The number of aliphatic hydroxyl groups excluding tert-OH is 1. The second-order valence-corrected chi connectivity index (χ2v) is 9.43. The third kappa shape index (κ3) is 7.83. The zero-order chi connectivity index (χ0) is 27.8. The van der Waals surface area contributed by atoms with Crippen LogP contribution in [0.25, 0.3) is 0 Å². The molecular weight excluding hydrogens is 472 g/mol. The molecule has 9 nitrogen and oxygen atoms in total. The molecule has 0 aliphatic carbocycles. The monoisotopic (exact) mass is 504 g/mol. The second kappa shape index (κ2) is 12.6. The van der Waals surface area contributed by atoms with E-state index in [0.29, 0.717) is 16.8 Å². The molecule has 194 valence electrons. The molecule has 0 fully saturated rings. The topological polar surface area (TPSA) is 132 Å². The van der Waals surface area contributed by atoms with Crippen LogP contribution < -0.4 is 10.6 Å². The molecular formula is C28H32N4O5. The number of terminal acetylenes is 1. The molecule has 0 aromatic heterocycles. The Morgan fingerprint density at radius 1 is 1.11 bits per heavy atom. The van der Waals surface area contributed by atoms with Crippen LogP contribution in [0.3, 0.4) is 0 Å². The first-order valence-electron chi connectivity index (χ1n) is 11.6. The number of alkyl carbamates (subject to hydrolysis) is 1. The summed E-state index contributed by atoms with van der Waals surface area (Å²) >= 11 is 0. The number of amides is 3. The van der Waals surface area contributed by atoms with Gasteiger partial charge in [0, 0.05) is 11.3 Å². The molecule has 0 radical (unpaired) electrons. The van der Waals surface area contributed by atoms with Crippen molar-refractivity contribution in [2.75, 3.05) is 18.5 Å². The first kappa shape index (κ1) is 28.9. The van der Waals surface area contributed by atoms with E-state index in [1.165, 1.54) is 0 Å². The molecule has 2 aromatic rings. The third-order valence-corrected chi connectivity index (χ3v) is 5.38. The van der Waals surface area contributed by atoms with Crippen LogP contribution in [-0.4, -0.2) is 52.7 Å². The van der Waals surface area contributed by atoms with E-state index >= 15 is 0 Å². The molecule has 2 unspecified atom stereocenters. The van der Waals surface area contributed by atoms with E-state index in [1.54, 1.807) is 45.0 Å². The smallest absolute Gasteiger partial charge is 0.408 e. The Balaban J connectivity index is 2.51. The summed E-state index contributed by atoms with van der Waals surface area (Å²) in [6.07, 6.45) is 4.53. The number of aryl methyl sites for hydroxylation is 2. The molecule has 2 aromatic carbocycles. The molecule has 9 heteroatoms. The normalized spacial score (nSPS) is 12.3. The fraction of sp³-hybridized carbons (Fsp3) is 0.357. The number of carbonyl (C=O) groups is 3. The van der Waals surface area contributed by atoms with E-state index in [4.69, 9.17) is 11.2 Å². The predicted octanol–water partition coefficient (Wildman–Crippen LogP) is 3.20. The van der Waals surface area contributed by atoms with Crippen molar-refractivity contribution >= 4 is 23.6 Å². The number of benzene rings is 2. The first-order chi connectivity index (χ1) is 17.4. The molecule has 0 saturated heterocycles. The van der Waals surface area contributed by atoms with Gasteiger partial charge in [0.15, 0.2) is 0 Å². The minimum absolute atomic E-state index is 0.389. The van der Waals surface area contributed by atoms with Gasteiger partial charge >= 0.3 is 6.09 Å². The molecule has 0 aliphatic rings. The largest absolute Gasteiger partial charge is 0.444 e. The lowest BCUT2D eigenvalue weighted by atomic mass is 10.0. The molecule has 37 heavy (non-hydrogen) atoms. The number of hydrogen-bond donors (Lipinski definition) is 3. The predicted molar refractivity (Wildman–Crippen MR) is 139 cm³/mol. The lowest BCUT2D eigenvalue weighted by molar-refractivity contribution is -0.140. The van der Waals surface area contributed by atoms with Crippen molar-refractivity contribution in [1.29, 1.82) is 5.26 Å². The average molecular weight is 505 g/mol. The molecule has 0 bridgehead atoms. The maximum absolute atomic E-state index is 13.7. The third-order valence-electron chi connectivity index (χ3n) is 5.38. The number of carbonyl (C=O) groups excluding carboxylic acids is 3. The molecule has 2 atom stereocenters. The van der Waals surface area contributed by atoms with Crippen molar-refractivity contribution in [1.82, 2.24) is 10.2 Å². The van der Waals surface area contributed by atoms with Crippen molar-refractivity contribution < 1.29 is 24.2 Å². The number of nitrogens with zero attached hydrogens (tertiary/aromatic N) is 2. The number of anilines is 1. The van der Waals surface area contributed by atoms with Crippen molar-refractivity contribution in [2.45, 2.75) is 52.3 Å². The van der Waals surface area contributed by atoms with Gasteiger partial charge in [0.1, 0.15) is 24.2 Å². The van der Waals surface area contributed by atoms with Gasteiger partial charge in [-0.15, -0.1) is 6.42 Å². The standard InChI is InChI=1S/C28H32N4O5/c1-7-20-11-13-21(14-12-20)24(25(34)31-23-18(2)9-8-10-19(23)3)32(16-15-29)26(35)22(17-33)30-27(36)37-28(4,5)6/h1,8-14,22,24,33H,16-17H2,2-6H3,(H,30,36)(H,31,34). The molecule has 3 N–H and O–H groups in total. The molecule has 0 saturated carbocycles. The van der Waals surface area contributed by atoms with Crippen LogP contribution in [0.15, 0.2) is 42.5 Å². The van der Waals surface area contributed by atoms with Crippen LogP contribution >= 0.6 is 0 Å². The number of ether oxygens (including phenoxy) is 1. The first-order valence-corrected chi connectivity index (χ1v) is 11.6. The van der Waals surface area contributed by atoms with Crippen molar-refractivity contribution in [2.24, 2.45) is 0 Å². The summed E-state index contributed by atoms with van der Waals surface area (Å²) < 4.78 is 5.19. The zero-order valence-electron chi connectivity index (χ0n) is 21.7. The summed E-state index contributed by atoms with van der Waals surface area (Å²) in [5, 5.41) is 24.6. The summed E-state index contributed by atoms with van der Waals surface area (Å²) in [6.45, 7) is 7.36. The van der Waals surface area contributed by atoms with E-state index in [1.807, 2.05) is 38.1 Å². The highest BCUT2D eigenvalue weighted by atomic mass is 16.6. The van der Waals surface area contributed by atoms with Gasteiger partial charge < -0.3 is 25.4 Å². The minimum atomic E-state index is -1.45. The van der Waals surface area contributed by atoms with E-state index in [-0.39, 0.29) is 0 Å². The Labute approximate surface area is 217 Å². The van der Waals surface area contributed by atoms with Gasteiger partial charge in [0.2, 0.25) is 5.91 Å². The van der Waals surface area contributed by atoms with Crippen LogP contribution in [0.2, 0.25) is 0 Å². The van der Waals surface area contributed by atoms with Gasteiger partial charge in [0.25, 0.3) is 5.91 Å². The van der Waals surface area contributed by atoms with Crippen LogP contribution in [0, 0.1) is 37.5 Å². The number of aliphatic hydroxyl groups is 1. The molecule has 3 amide bonds.